The zero-order chi connectivity index (χ0) is 15.5. The van der Waals surface area contributed by atoms with Gasteiger partial charge in [-0.1, -0.05) is 17.7 Å². The van der Waals surface area contributed by atoms with Crippen LogP contribution in [0.2, 0.25) is 4.34 Å². The van der Waals surface area contributed by atoms with Gasteiger partial charge in [0.2, 0.25) is 0 Å². The van der Waals surface area contributed by atoms with E-state index in [2.05, 4.69) is 15.4 Å². The lowest BCUT2D eigenvalue weighted by molar-refractivity contribution is 0.0955. The lowest BCUT2D eigenvalue weighted by Crippen LogP contribution is -2.21. The molecule has 1 amide bonds. The van der Waals surface area contributed by atoms with Crippen molar-refractivity contribution in [3.63, 3.8) is 0 Å². The van der Waals surface area contributed by atoms with Crippen LogP contribution in [0.5, 0.6) is 0 Å². The molecule has 1 N–H and O–H groups in total. The SMILES string of the molecule is Cn1cc(-c2ccc(CNC(=O)c3ccc(Cl)s3)cn2)cn1. The highest BCUT2D eigenvalue weighted by molar-refractivity contribution is 7.17. The molecule has 0 atom stereocenters. The van der Waals surface area contributed by atoms with Gasteiger partial charge in [0.1, 0.15) is 0 Å². The van der Waals surface area contributed by atoms with Crippen LogP contribution < -0.4 is 5.32 Å². The third-order valence-electron chi connectivity index (χ3n) is 3.08. The molecule has 0 saturated carbocycles. The van der Waals surface area contributed by atoms with Crippen molar-refractivity contribution in [3.8, 4) is 11.3 Å². The van der Waals surface area contributed by atoms with Gasteiger partial charge in [-0.15, -0.1) is 11.3 Å². The number of hydrogen-bond acceptors (Lipinski definition) is 4. The van der Waals surface area contributed by atoms with Crippen molar-refractivity contribution in [1.29, 1.82) is 0 Å². The lowest BCUT2D eigenvalue weighted by Gasteiger charge is -2.04. The van der Waals surface area contributed by atoms with Crippen LogP contribution in [-0.4, -0.2) is 20.7 Å². The first-order chi connectivity index (χ1) is 10.6. The Morgan fingerprint density at radius 2 is 2.18 bits per heavy atom. The van der Waals surface area contributed by atoms with E-state index in [9.17, 15) is 4.79 Å². The molecule has 3 aromatic rings. The van der Waals surface area contributed by atoms with Gasteiger partial charge in [0.05, 0.1) is 21.1 Å². The van der Waals surface area contributed by atoms with Gasteiger partial charge in [-0.2, -0.15) is 5.10 Å². The molecular weight excluding hydrogens is 320 g/mol. The topological polar surface area (TPSA) is 59.8 Å². The van der Waals surface area contributed by atoms with Gasteiger partial charge in [0, 0.05) is 31.5 Å². The maximum Gasteiger partial charge on any atom is 0.261 e. The summed E-state index contributed by atoms with van der Waals surface area (Å²) < 4.78 is 2.34. The number of rotatable bonds is 4. The van der Waals surface area contributed by atoms with Crippen LogP contribution in [0.15, 0.2) is 42.9 Å². The monoisotopic (exact) mass is 332 g/mol. The Balaban J connectivity index is 1.63. The smallest absolute Gasteiger partial charge is 0.261 e. The average molecular weight is 333 g/mol. The minimum absolute atomic E-state index is 0.131. The Bertz CT molecular complexity index is 794. The Kier molecular flexibility index (Phi) is 4.22. The third kappa shape index (κ3) is 3.35. The molecule has 0 radical (unpaired) electrons. The first-order valence-corrected chi connectivity index (χ1v) is 7.79. The van der Waals surface area contributed by atoms with Crippen molar-refractivity contribution >= 4 is 28.8 Å². The average Bonchev–Trinajstić information content (AvgIpc) is 3.14. The van der Waals surface area contributed by atoms with E-state index in [0.29, 0.717) is 15.8 Å². The minimum atomic E-state index is -0.131. The summed E-state index contributed by atoms with van der Waals surface area (Å²) in [6.45, 7) is 0.425. The van der Waals surface area contributed by atoms with Gasteiger partial charge in [0.25, 0.3) is 5.91 Å². The second kappa shape index (κ2) is 6.29. The van der Waals surface area contributed by atoms with E-state index in [1.54, 1.807) is 29.2 Å². The fourth-order valence-electron chi connectivity index (χ4n) is 1.96. The van der Waals surface area contributed by atoms with Crippen molar-refractivity contribution in [1.82, 2.24) is 20.1 Å². The fourth-order valence-corrected chi connectivity index (χ4v) is 2.92. The van der Waals surface area contributed by atoms with Gasteiger partial charge in [-0.05, 0) is 23.8 Å². The van der Waals surface area contributed by atoms with Crippen molar-refractivity contribution in [2.45, 2.75) is 6.54 Å². The van der Waals surface area contributed by atoms with E-state index in [4.69, 9.17) is 11.6 Å². The first kappa shape index (κ1) is 14.7. The summed E-state index contributed by atoms with van der Waals surface area (Å²) in [5, 5.41) is 6.97. The second-order valence-electron chi connectivity index (χ2n) is 4.74. The molecule has 0 aromatic carbocycles. The van der Waals surface area contributed by atoms with Crippen molar-refractivity contribution in [2.75, 3.05) is 0 Å². The van der Waals surface area contributed by atoms with E-state index >= 15 is 0 Å². The van der Waals surface area contributed by atoms with Crippen LogP contribution in [0, 0.1) is 0 Å². The third-order valence-corrected chi connectivity index (χ3v) is 4.31. The van der Waals surface area contributed by atoms with Crippen molar-refractivity contribution in [2.24, 2.45) is 7.05 Å². The van der Waals surface area contributed by atoms with Gasteiger partial charge in [-0.25, -0.2) is 0 Å². The standard InChI is InChI=1S/C15H13ClN4OS/c1-20-9-11(8-19-20)12-3-2-10(6-17-12)7-18-15(21)13-4-5-14(16)22-13/h2-6,8-9H,7H2,1H3,(H,18,21). The van der Waals surface area contributed by atoms with Gasteiger partial charge < -0.3 is 5.32 Å². The summed E-state index contributed by atoms with van der Waals surface area (Å²) in [5.41, 5.74) is 2.75. The molecule has 3 aromatic heterocycles. The number of nitrogens with zero attached hydrogens (tertiary/aromatic N) is 3. The molecule has 3 rings (SSSR count). The molecule has 0 unspecified atom stereocenters. The summed E-state index contributed by atoms with van der Waals surface area (Å²) in [7, 11) is 1.87. The Hall–Kier alpha value is -2.18. The van der Waals surface area contributed by atoms with Gasteiger partial charge >= 0.3 is 0 Å². The maximum absolute atomic E-state index is 11.9. The maximum atomic E-state index is 11.9. The fraction of sp³-hybridized carbons (Fsp3) is 0.133. The van der Waals surface area contributed by atoms with E-state index in [1.165, 1.54) is 11.3 Å². The first-order valence-electron chi connectivity index (χ1n) is 6.59. The number of aromatic nitrogens is 3. The number of halogens is 1. The molecule has 0 saturated heterocycles. The van der Waals surface area contributed by atoms with Crippen LogP contribution in [-0.2, 0) is 13.6 Å². The number of thiophene rings is 1. The van der Waals surface area contributed by atoms with E-state index in [1.807, 2.05) is 25.4 Å². The second-order valence-corrected chi connectivity index (χ2v) is 6.46. The normalized spacial score (nSPS) is 10.6. The Morgan fingerprint density at radius 1 is 1.32 bits per heavy atom. The molecule has 3 heterocycles. The lowest BCUT2D eigenvalue weighted by atomic mass is 10.2. The summed E-state index contributed by atoms with van der Waals surface area (Å²) in [6.07, 6.45) is 5.43. The molecule has 0 aliphatic carbocycles. The number of hydrogen-bond donors (Lipinski definition) is 1. The van der Waals surface area contributed by atoms with E-state index in [-0.39, 0.29) is 5.91 Å². The zero-order valence-electron chi connectivity index (χ0n) is 11.8. The van der Waals surface area contributed by atoms with Crippen molar-refractivity contribution < 1.29 is 4.79 Å². The molecule has 0 bridgehead atoms. The van der Waals surface area contributed by atoms with Crippen LogP contribution >= 0.6 is 22.9 Å². The van der Waals surface area contributed by atoms with Crippen LogP contribution in [0.25, 0.3) is 11.3 Å². The molecule has 5 nitrogen and oxygen atoms in total. The summed E-state index contributed by atoms with van der Waals surface area (Å²) in [6, 6.07) is 7.29. The van der Waals surface area contributed by atoms with Gasteiger partial charge in [0.15, 0.2) is 0 Å². The zero-order valence-corrected chi connectivity index (χ0v) is 13.4. The van der Waals surface area contributed by atoms with Crippen molar-refractivity contribution in [3.05, 3.63) is 57.6 Å². The molecule has 22 heavy (non-hydrogen) atoms. The Labute approximate surface area is 136 Å². The summed E-state index contributed by atoms with van der Waals surface area (Å²) in [5.74, 6) is -0.131. The number of pyridine rings is 1. The molecule has 0 spiro atoms. The van der Waals surface area contributed by atoms with E-state index < -0.39 is 0 Å². The highest BCUT2D eigenvalue weighted by atomic mass is 35.5. The number of aryl methyl sites for hydroxylation is 1. The van der Waals surface area contributed by atoms with E-state index in [0.717, 1.165) is 16.8 Å². The molecule has 7 heteroatoms. The number of carbonyl (C=O) groups excluding carboxylic acids is 1. The predicted molar refractivity (Wildman–Crippen MR) is 86.9 cm³/mol. The van der Waals surface area contributed by atoms with Crippen LogP contribution in [0.1, 0.15) is 15.2 Å². The van der Waals surface area contributed by atoms with Crippen LogP contribution in [0.4, 0.5) is 0 Å². The summed E-state index contributed by atoms with van der Waals surface area (Å²) >= 11 is 7.08. The predicted octanol–water partition coefficient (Wildman–Crippen LogP) is 3.13. The molecule has 0 aliphatic rings. The Morgan fingerprint density at radius 3 is 2.77 bits per heavy atom. The molecule has 0 fully saturated rings. The quantitative estimate of drug-likeness (QED) is 0.798. The number of nitrogens with one attached hydrogen (secondary N) is 1. The number of carbonyl (C=O) groups is 1. The highest BCUT2D eigenvalue weighted by Crippen LogP contribution is 2.21. The summed E-state index contributed by atoms with van der Waals surface area (Å²) in [4.78, 5) is 16.9. The number of amides is 1. The minimum Gasteiger partial charge on any atom is -0.347 e. The molecule has 112 valence electrons. The van der Waals surface area contributed by atoms with Gasteiger partial charge in [-0.3, -0.25) is 14.5 Å². The molecule has 0 aliphatic heterocycles. The van der Waals surface area contributed by atoms with Crippen LogP contribution in [0.3, 0.4) is 0 Å². The largest absolute Gasteiger partial charge is 0.347 e. The molecular formula is C15H13ClN4OS. The highest BCUT2D eigenvalue weighted by Gasteiger charge is 2.08.